The van der Waals surface area contributed by atoms with Gasteiger partial charge in [0.2, 0.25) is 0 Å². The number of aryl methyl sites for hydroxylation is 1. The molecule has 1 saturated heterocycles. The molecule has 0 radical (unpaired) electrons. The highest BCUT2D eigenvalue weighted by molar-refractivity contribution is 8.03. The van der Waals surface area contributed by atoms with Crippen molar-refractivity contribution < 1.29 is 9.53 Å². The van der Waals surface area contributed by atoms with Gasteiger partial charge >= 0.3 is 0 Å². The summed E-state index contributed by atoms with van der Waals surface area (Å²) in [4.78, 5) is 17.6. The number of hydrogen-bond donors (Lipinski definition) is 0. The van der Waals surface area contributed by atoms with Gasteiger partial charge in [-0.3, -0.25) is 4.79 Å². The van der Waals surface area contributed by atoms with Crippen molar-refractivity contribution >= 4 is 28.9 Å². The molecule has 27 heavy (non-hydrogen) atoms. The predicted octanol–water partition coefficient (Wildman–Crippen LogP) is 4.37. The Morgan fingerprint density at radius 2 is 1.89 bits per heavy atom. The van der Waals surface area contributed by atoms with Crippen LogP contribution in [0.4, 0.5) is 11.4 Å². The first-order chi connectivity index (χ1) is 13.1. The molecule has 4 rings (SSSR count). The monoisotopic (exact) mass is 380 g/mol. The van der Waals surface area contributed by atoms with Crippen LogP contribution in [-0.4, -0.2) is 32.1 Å². The second-order valence-electron chi connectivity index (χ2n) is 7.02. The number of fused-ring (bicyclic) bond motifs is 1. The molecule has 140 valence electrons. The molecule has 2 heterocycles. The molecule has 2 aromatic rings. The molecular formula is C22H24N2O2S. The third-order valence-electron chi connectivity index (χ3n) is 4.88. The van der Waals surface area contributed by atoms with Gasteiger partial charge in [-0.25, -0.2) is 0 Å². The molecule has 2 aromatic carbocycles. The van der Waals surface area contributed by atoms with E-state index in [1.165, 1.54) is 27.4 Å². The molecule has 0 aliphatic carbocycles. The third kappa shape index (κ3) is 4.04. The second-order valence-corrected chi connectivity index (χ2v) is 8.08. The Kier molecular flexibility index (Phi) is 5.23. The fourth-order valence-electron chi connectivity index (χ4n) is 3.43. The maximum atomic E-state index is 11.8. The van der Waals surface area contributed by atoms with Gasteiger partial charge in [-0.1, -0.05) is 41.6 Å². The number of ketones is 1. The fraction of sp³-hybridized carbons (Fsp3) is 0.318. The molecule has 0 saturated carbocycles. The minimum Gasteiger partial charge on any atom is -0.378 e. The number of anilines is 2. The summed E-state index contributed by atoms with van der Waals surface area (Å²) in [5.41, 5.74) is 4.89. The fourth-order valence-corrected chi connectivity index (χ4v) is 4.56. The van der Waals surface area contributed by atoms with Crippen LogP contribution in [0.3, 0.4) is 0 Å². The molecule has 2 aliphatic heterocycles. The maximum absolute atomic E-state index is 11.8. The first-order valence-corrected chi connectivity index (χ1v) is 10.1. The summed E-state index contributed by atoms with van der Waals surface area (Å²) in [6.45, 7) is 7.84. The van der Waals surface area contributed by atoms with Gasteiger partial charge in [0.05, 0.1) is 23.9 Å². The minimum absolute atomic E-state index is 0.0765. The molecule has 0 bridgehead atoms. The van der Waals surface area contributed by atoms with Crippen LogP contribution < -0.4 is 9.80 Å². The highest BCUT2D eigenvalue weighted by Gasteiger charge is 2.27. The average molecular weight is 381 g/mol. The van der Waals surface area contributed by atoms with Crippen LogP contribution in [0, 0.1) is 6.92 Å². The summed E-state index contributed by atoms with van der Waals surface area (Å²) in [5, 5.41) is 0.997. The summed E-state index contributed by atoms with van der Waals surface area (Å²) in [6, 6.07) is 15.2. The lowest BCUT2D eigenvalue weighted by Gasteiger charge is -2.30. The topological polar surface area (TPSA) is 32.8 Å². The van der Waals surface area contributed by atoms with Gasteiger partial charge in [0.25, 0.3) is 0 Å². The zero-order valence-electron chi connectivity index (χ0n) is 15.8. The third-order valence-corrected chi connectivity index (χ3v) is 5.99. The maximum Gasteiger partial charge on any atom is 0.155 e. The first kappa shape index (κ1) is 18.1. The molecule has 0 spiro atoms. The van der Waals surface area contributed by atoms with Crippen LogP contribution >= 0.6 is 11.8 Å². The van der Waals surface area contributed by atoms with E-state index in [0.29, 0.717) is 0 Å². The summed E-state index contributed by atoms with van der Waals surface area (Å²) < 4.78 is 5.48. The highest BCUT2D eigenvalue weighted by atomic mass is 32.2. The van der Waals surface area contributed by atoms with E-state index in [9.17, 15) is 4.79 Å². The van der Waals surface area contributed by atoms with Crippen LogP contribution in [0.1, 0.15) is 18.1 Å². The number of allylic oxidation sites excluding steroid dienone is 1. The molecule has 0 amide bonds. The van der Waals surface area contributed by atoms with Crippen LogP contribution in [0.2, 0.25) is 0 Å². The van der Waals surface area contributed by atoms with Gasteiger partial charge in [-0.15, -0.1) is 0 Å². The zero-order valence-corrected chi connectivity index (χ0v) is 16.6. The molecule has 0 unspecified atom stereocenters. The molecule has 0 atom stereocenters. The van der Waals surface area contributed by atoms with E-state index in [2.05, 4.69) is 59.2 Å². The van der Waals surface area contributed by atoms with Crippen molar-refractivity contribution in [2.24, 2.45) is 0 Å². The predicted molar refractivity (Wildman–Crippen MR) is 111 cm³/mol. The van der Waals surface area contributed by atoms with Crippen molar-refractivity contribution in [1.29, 1.82) is 0 Å². The smallest absolute Gasteiger partial charge is 0.155 e. The molecule has 0 aromatic heterocycles. The number of nitrogens with zero attached hydrogens (tertiary/aromatic N) is 2. The van der Waals surface area contributed by atoms with E-state index < -0.39 is 0 Å². The lowest BCUT2D eigenvalue weighted by Crippen LogP contribution is -2.36. The summed E-state index contributed by atoms with van der Waals surface area (Å²) in [5.74, 6) is 0.0765. The largest absolute Gasteiger partial charge is 0.378 e. The van der Waals surface area contributed by atoms with Crippen LogP contribution in [0.15, 0.2) is 58.5 Å². The van der Waals surface area contributed by atoms with Crippen molar-refractivity contribution in [3.63, 3.8) is 0 Å². The van der Waals surface area contributed by atoms with Crippen molar-refractivity contribution in [3.05, 3.63) is 64.7 Å². The van der Waals surface area contributed by atoms with Gasteiger partial charge in [0.1, 0.15) is 0 Å². The number of rotatable bonds is 4. The van der Waals surface area contributed by atoms with E-state index in [4.69, 9.17) is 4.74 Å². The van der Waals surface area contributed by atoms with Gasteiger partial charge in [0.15, 0.2) is 5.78 Å². The lowest BCUT2D eigenvalue weighted by molar-refractivity contribution is -0.112. The molecule has 0 N–H and O–H groups in total. The van der Waals surface area contributed by atoms with Gasteiger partial charge in [-0.05, 0) is 37.6 Å². The number of carbonyl (C=O) groups excluding carboxylic acids is 1. The molecule has 5 heteroatoms. The Morgan fingerprint density at radius 1 is 1.15 bits per heavy atom. The van der Waals surface area contributed by atoms with Crippen LogP contribution in [0.5, 0.6) is 0 Å². The first-order valence-electron chi connectivity index (χ1n) is 9.30. The number of hydrogen-bond acceptors (Lipinski definition) is 5. The van der Waals surface area contributed by atoms with Crippen molar-refractivity contribution in [1.82, 2.24) is 0 Å². The van der Waals surface area contributed by atoms with Crippen molar-refractivity contribution in [2.75, 3.05) is 36.1 Å². The Bertz CT molecular complexity index is 870. The number of ether oxygens (including phenoxy) is 1. The molecular weight excluding hydrogens is 356 g/mol. The van der Waals surface area contributed by atoms with Crippen LogP contribution in [0.25, 0.3) is 0 Å². The van der Waals surface area contributed by atoms with E-state index in [1.54, 1.807) is 24.8 Å². The van der Waals surface area contributed by atoms with Gasteiger partial charge in [-0.2, -0.15) is 0 Å². The minimum atomic E-state index is 0.0765. The van der Waals surface area contributed by atoms with E-state index >= 15 is 0 Å². The normalized spacial score (nSPS) is 18.1. The summed E-state index contributed by atoms with van der Waals surface area (Å²) in [7, 11) is 0. The summed E-state index contributed by atoms with van der Waals surface area (Å²) in [6.07, 6.45) is 1.74. The Balaban J connectivity index is 1.68. The number of morpholine rings is 1. The summed E-state index contributed by atoms with van der Waals surface area (Å²) >= 11 is 1.67. The quantitative estimate of drug-likeness (QED) is 0.736. The SMILES string of the molecule is CC(=O)/C=C1\Sc2ccc(N3CCOCC3)cc2N1Cc1ccc(C)cc1. The lowest BCUT2D eigenvalue weighted by atomic mass is 10.1. The number of carbonyl (C=O) groups is 1. The highest BCUT2D eigenvalue weighted by Crippen LogP contribution is 2.48. The van der Waals surface area contributed by atoms with Gasteiger partial charge < -0.3 is 14.5 Å². The van der Waals surface area contributed by atoms with Crippen molar-refractivity contribution in [3.8, 4) is 0 Å². The zero-order chi connectivity index (χ0) is 18.8. The van der Waals surface area contributed by atoms with E-state index in [1.807, 2.05) is 0 Å². The Hall–Kier alpha value is -2.24. The number of thioether (sulfide) groups is 1. The Labute approximate surface area is 164 Å². The van der Waals surface area contributed by atoms with E-state index in [-0.39, 0.29) is 5.78 Å². The second kappa shape index (κ2) is 7.79. The average Bonchev–Trinajstić information content (AvgIpc) is 3.00. The molecule has 1 fully saturated rings. The molecule has 4 nitrogen and oxygen atoms in total. The van der Waals surface area contributed by atoms with Gasteiger partial charge in [0, 0.05) is 36.3 Å². The van der Waals surface area contributed by atoms with Crippen LogP contribution in [-0.2, 0) is 16.1 Å². The standard InChI is InChI=1S/C22H24N2O2S/c1-16-3-5-18(6-4-16)15-24-20-14-19(23-9-11-26-12-10-23)7-8-21(20)27-22(24)13-17(2)25/h3-8,13-14H,9-12,15H2,1-2H3/b22-13-. The molecule has 2 aliphatic rings. The van der Waals surface area contributed by atoms with E-state index in [0.717, 1.165) is 37.9 Å². The Morgan fingerprint density at radius 3 is 2.59 bits per heavy atom. The number of benzene rings is 2. The van der Waals surface area contributed by atoms with Crippen molar-refractivity contribution in [2.45, 2.75) is 25.3 Å².